The maximum Gasteiger partial charge on any atom is 0.222 e. The van der Waals surface area contributed by atoms with E-state index in [1.54, 1.807) is 17.7 Å². The Morgan fingerprint density at radius 3 is 2.70 bits per heavy atom. The molecule has 3 rings (SSSR count). The Morgan fingerprint density at radius 2 is 2.00 bits per heavy atom. The lowest BCUT2D eigenvalue weighted by molar-refractivity contribution is 0.288. The number of aromatic hydroxyl groups is 1. The number of hydrogen-bond acceptors (Lipinski definition) is 5. The van der Waals surface area contributed by atoms with Gasteiger partial charge in [0, 0.05) is 5.39 Å². The standard InChI is InChI=1S/C21H24N2O4/c1-4-5-11-27-17-10-9-15(12-18(17)26-3)13-23-20-14(2)7-6-8-16(20)19(22-25)21(23)24/h6-10,12,24H,4-5,11,13H2,1-3H3. The number of hydrogen-bond donors (Lipinski definition) is 1. The van der Waals surface area contributed by atoms with E-state index < -0.39 is 0 Å². The first-order valence-electron chi connectivity index (χ1n) is 9.04. The lowest BCUT2D eigenvalue weighted by atomic mass is 10.1. The summed E-state index contributed by atoms with van der Waals surface area (Å²) in [6, 6.07) is 11.3. The molecule has 0 saturated carbocycles. The van der Waals surface area contributed by atoms with Gasteiger partial charge in [0.2, 0.25) is 5.88 Å². The molecule has 2 aromatic carbocycles. The second-order valence-corrected chi connectivity index (χ2v) is 6.51. The minimum atomic E-state index is -0.128. The molecule has 0 aliphatic carbocycles. The lowest BCUT2D eigenvalue weighted by Crippen LogP contribution is -2.02. The minimum Gasteiger partial charge on any atom is -0.493 e. The highest BCUT2D eigenvalue weighted by Crippen LogP contribution is 2.40. The van der Waals surface area contributed by atoms with Crippen LogP contribution in [0.15, 0.2) is 41.6 Å². The second-order valence-electron chi connectivity index (χ2n) is 6.51. The summed E-state index contributed by atoms with van der Waals surface area (Å²) in [5, 5.41) is 14.2. The van der Waals surface area contributed by atoms with E-state index in [0.29, 0.717) is 30.0 Å². The van der Waals surface area contributed by atoms with Crippen LogP contribution in [0.25, 0.3) is 10.9 Å². The Labute approximate surface area is 158 Å². The first-order valence-corrected chi connectivity index (χ1v) is 9.04. The molecule has 6 heteroatoms. The van der Waals surface area contributed by atoms with E-state index in [2.05, 4.69) is 12.1 Å². The van der Waals surface area contributed by atoms with Gasteiger partial charge in [0.1, 0.15) is 0 Å². The van der Waals surface area contributed by atoms with Crippen LogP contribution in [-0.2, 0) is 6.54 Å². The number of fused-ring (bicyclic) bond motifs is 1. The van der Waals surface area contributed by atoms with E-state index in [0.717, 1.165) is 29.5 Å². The third kappa shape index (κ3) is 3.60. The quantitative estimate of drug-likeness (QED) is 0.433. The number of unbranched alkanes of at least 4 members (excludes halogenated alkanes) is 1. The monoisotopic (exact) mass is 368 g/mol. The molecule has 0 radical (unpaired) electrons. The number of nitrogens with zero attached hydrogens (tertiary/aromatic N) is 2. The van der Waals surface area contributed by atoms with E-state index in [1.165, 1.54) is 0 Å². The van der Waals surface area contributed by atoms with Crippen LogP contribution in [0.3, 0.4) is 0 Å². The Kier molecular flexibility index (Phi) is 5.64. The molecule has 0 fully saturated rings. The molecule has 0 aliphatic rings. The predicted molar refractivity (Wildman–Crippen MR) is 106 cm³/mol. The highest BCUT2D eigenvalue weighted by Gasteiger charge is 2.19. The fourth-order valence-electron chi connectivity index (χ4n) is 3.25. The smallest absolute Gasteiger partial charge is 0.222 e. The molecule has 1 aromatic heterocycles. The fourth-order valence-corrected chi connectivity index (χ4v) is 3.25. The SMILES string of the molecule is CCCCOc1ccc(Cn2c(O)c(N=O)c3cccc(C)c32)cc1OC. The van der Waals surface area contributed by atoms with Crippen LogP contribution in [0.4, 0.5) is 5.69 Å². The summed E-state index contributed by atoms with van der Waals surface area (Å²) in [6.07, 6.45) is 2.04. The highest BCUT2D eigenvalue weighted by atomic mass is 16.5. The summed E-state index contributed by atoms with van der Waals surface area (Å²) >= 11 is 0. The molecule has 0 bridgehead atoms. The number of para-hydroxylation sites is 1. The normalized spacial score (nSPS) is 10.9. The van der Waals surface area contributed by atoms with Crippen LogP contribution in [0.1, 0.15) is 30.9 Å². The van der Waals surface area contributed by atoms with Gasteiger partial charge in [-0.15, -0.1) is 4.91 Å². The first-order chi connectivity index (χ1) is 13.1. The Balaban J connectivity index is 1.98. The molecule has 1 heterocycles. The number of ether oxygens (including phenoxy) is 2. The fraction of sp³-hybridized carbons (Fsp3) is 0.333. The molecule has 0 spiro atoms. The summed E-state index contributed by atoms with van der Waals surface area (Å²) in [6.45, 7) is 5.08. The number of rotatable bonds is 8. The van der Waals surface area contributed by atoms with Crippen molar-refractivity contribution < 1.29 is 14.6 Å². The third-order valence-electron chi connectivity index (χ3n) is 4.65. The summed E-state index contributed by atoms with van der Waals surface area (Å²) in [4.78, 5) is 11.2. The van der Waals surface area contributed by atoms with Crippen molar-refractivity contribution in [3.8, 4) is 17.4 Å². The zero-order valence-corrected chi connectivity index (χ0v) is 15.9. The van der Waals surface area contributed by atoms with Gasteiger partial charge in [-0.3, -0.25) is 0 Å². The van der Waals surface area contributed by atoms with Gasteiger partial charge >= 0.3 is 0 Å². The molecule has 3 aromatic rings. The molecule has 142 valence electrons. The largest absolute Gasteiger partial charge is 0.493 e. The molecule has 0 unspecified atom stereocenters. The molecule has 0 amide bonds. The molecule has 1 N–H and O–H groups in total. The second kappa shape index (κ2) is 8.12. The molecule has 0 atom stereocenters. The van der Waals surface area contributed by atoms with Crippen molar-refractivity contribution in [2.24, 2.45) is 5.18 Å². The summed E-state index contributed by atoms with van der Waals surface area (Å²) in [5.41, 5.74) is 2.75. The van der Waals surface area contributed by atoms with Crippen LogP contribution in [0.2, 0.25) is 0 Å². The van der Waals surface area contributed by atoms with Crippen molar-refractivity contribution in [1.82, 2.24) is 4.57 Å². The maximum absolute atomic E-state index is 11.2. The maximum atomic E-state index is 11.2. The lowest BCUT2D eigenvalue weighted by Gasteiger charge is -2.13. The van der Waals surface area contributed by atoms with Crippen LogP contribution < -0.4 is 9.47 Å². The van der Waals surface area contributed by atoms with Gasteiger partial charge in [-0.05, 0) is 41.8 Å². The van der Waals surface area contributed by atoms with Crippen molar-refractivity contribution in [1.29, 1.82) is 0 Å². The number of methoxy groups -OCH3 is 1. The van der Waals surface area contributed by atoms with Crippen molar-refractivity contribution >= 4 is 16.6 Å². The number of aryl methyl sites for hydroxylation is 1. The van der Waals surface area contributed by atoms with E-state index in [9.17, 15) is 10.0 Å². The average molecular weight is 368 g/mol. The van der Waals surface area contributed by atoms with Gasteiger partial charge in [0.15, 0.2) is 17.2 Å². The molecular formula is C21H24N2O4. The topological polar surface area (TPSA) is 73.0 Å². The van der Waals surface area contributed by atoms with Crippen molar-refractivity contribution in [3.63, 3.8) is 0 Å². The molecule has 0 aliphatic heterocycles. The van der Waals surface area contributed by atoms with Crippen molar-refractivity contribution in [2.45, 2.75) is 33.2 Å². The third-order valence-corrected chi connectivity index (χ3v) is 4.65. The van der Waals surface area contributed by atoms with Gasteiger partial charge in [0.25, 0.3) is 0 Å². The van der Waals surface area contributed by atoms with Gasteiger partial charge in [0.05, 0.1) is 25.8 Å². The molecule has 0 saturated heterocycles. The summed E-state index contributed by atoms with van der Waals surface area (Å²) in [7, 11) is 1.60. The highest BCUT2D eigenvalue weighted by molar-refractivity contribution is 5.96. The van der Waals surface area contributed by atoms with Crippen LogP contribution >= 0.6 is 0 Å². The number of benzene rings is 2. The van der Waals surface area contributed by atoms with E-state index in [-0.39, 0.29) is 11.6 Å². The van der Waals surface area contributed by atoms with Crippen LogP contribution in [0.5, 0.6) is 17.4 Å². The predicted octanol–water partition coefficient (Wildman–Crippen LogP) is 5.29. The first kappa shape index (κ1) is 18.8. The Hall–Kier alpha value is -3.02. The zero-order valence-electron chi connectivity index (χ0n) is 15.9. The molecule has 27 heavy (non-hydrogen) atoms. The number of nitroso groups, excluding NO2 is 1. The number of aromatic nitrogens is 1. The van der Waals surface area contributed by atoms with Crippen LogP contribution in [0, 0.1) is 11.8 Å². The zero-order chi connectivity index (χ0) is 19.4. The van der Waals surface area contributed by atoms with Crippen LogP contribution in [-0.4, -0.2) is 23.4 Å². The van der Waals surface area contributed by atoms with E-state index >= 15 is 0 Å². The van der Waals surface area contributed by atoms with E-state index in [4.69, 9.17) is 9.47 Å². The summed E-state index contributed by atoms with van der Waals surface area (Å²) < 4.78 is 12.9. The van der Waals surface area contributed by atoms with Crippen molar-refractivity contribution in [2.75, 3.05) is 13.7 Å². The van der Waals surface area contributed by atoms with Crippen molar-refractivity contribution in [3.05, 3.63) is 52.4 Å². The Bertz CT molecular complexity index is 962. The van der Waals surface area contributed by atoms with E-state index in [1.807, 2.05) is 37.3 Å². The average Bonchev–Trinajstić information content (AvgIpc) is 2.95. The molecular weight excluding hydrogens is 344 g/mol. The van der Waals surface area contributed by atoms with Gasteiger partial charge < -0.3 is 19.1 Å². The Morgan fingerprint density at radius 1 is 1.19 bits per heavy atom. The minimum absolute atomic E-state index is 0.0696. The summed E-state index contributed by atoms with van der Waals surface area (Å²) in [5.74, 6) is 1.21. The molecule has 6 nitrogen and oxygen atoms in total. The van der Waals surface area contributed by atoms with Gasteiger partial charge in [-0.1, -0.05) is 37.6 Å². The van der Waals surface area contributed by atoms with Gasteiger partial charge in [-0.25, -0.2) is 0 Å². The van der Waals surface area contributed by atoms with Gasteiger partial charge in [-0.2, -0.15) is 0 Å².